The zero-order chi connectivity index (χ0) is 19.5. The Hall–Kier alpha value is -1.13. The lowest BCUT2D eigenvalue weighted by molar-refractivity contribution is -0.139. The fraction of sp³-hybridized carbons (Fsp3) is 0.667. The van der Waals surface area contributed by atoms with Crippen LogP contribution in [0.4, 0.5) is 10.1 Å². The molecule has 0 bridgehead atoms. The van der Waals surface area contributed by atoms with Gasteiger partial charge in [-0.1, -0.05) is 46.2 Å². The van der Waals surface area contributed by atoms with E-state index in [1.54, 1.807) is 6.07 Å². The molecule has 0 aromatic heterocycles. The maximum Gasteiger partial charge on any atom is 0.227 e. The fourth-order valence-corrected chi connectivity index (χ4v) is 4.08. The molecule has 0 unspecified atom stereocenters. The molecule has 1 saturated heterocycles. The summed E-state index contributed by atoms with van der Waals surface area (Å²) in [5, 5.41) is 3.09. The van der Waals surface area contributed by atoms with E-state index in [0.29, 0.717) is 21.5 Å². The maximum atomic E-state index is 13.3. The minimum atomic E-state index is -0.434. The monoisotopic (exact) mass is 382 g/mol. The second-order valence-electron chi connectivity index (χ2n) is 8.77. The molecule has 0 radical (unpaired) electrons. The molecule has 1 aliphatic carbocycles. The zero-order valence-corrected chi connectivity index (χ0v) is 17.4. The molecule has 146 valence electrons. The van der Waals surface area contributed by atoms with Crippen molar-refractivity contribution in [1.82, 2.24) is 4.90 Å². The number of halogens is 2. The van der Waals surface area contributed by atoms with E-state index in [4.69, 9.17) is 11.6 Å². The van der Waals surface area contributed by atoms with Gasteiger partial charge in [0.15, 0.2) is 0 Å². The van der Waals surface area contributed by atoms with E-state index in [0.717, 1.165) is 32.5 Å². The number of hydrogen-bond acceptors (Lipinski definition) is 2. The topological polar surface area (TPSA) is 32.3 Å². The molecule has 1 N–H and O–H groups in total. The molecule has 3 nitrogen and oxygen atoms in total. The van der Waals surface area contributed by atoms with Gasteiger partial charge in [-0.25, -0.2) is 4.39 Å². The average molecular weight is 383 g/mol. The summed E-state index contributed by atoms with van der Waals surface area (Å²) in [6.07, 6.45) is 3.08. The third-order valence-corrected chi connectivity index (χ3v) is 5.37. The lowest BCUT2D eigenvalue weighted by atomic mass is 9.57. The van der Waals surface area contributed by atoms with Crippen molar-refractivity contribution < 1.29 is 9.18 Å². The van der Waals surface area contributed by atoms with Crippen LogP contribution in [0, 0.1) is 22.6 Å². The van der Waals surface area contributed by atoms with E-state index < -0.39 is 5.82 Å². The van der Waals surface area contributed by atoms with Crippen LogP contribution in [0.1, 0.15) is 53.9 Å². The Morgan fingerprint density at radius 3 is 2.42 bits per heavy atom. The largest absolute Gasteiger partial charge is 0.326 e. The Labute approximate surface area is 162 Å². The molecule has 26 heavy (non-hydrogen) atoms. The minimum absolute atomic E-state index is 0.0181. The van der Waals surface area contributed by atoms with Crippen LogP contribution in [0.15, 0.2) is 18.2 Å². The third-order valence-electron chi connectivity index (χ3n) is 5.16. The third kappa shape index (κ3) is 5.43. The first-order valence-corrected chi connectivity index (χ1v) is 10.0. The van der Waals surface area contributed by atoms with Crippen LogP contribution in [0.25, 0.3) is 0 Å². The summed E-state index contributed by atoms with van der Waals surface area (Å²) in [6, 6.07) is 4.11. The number of carbonyl (C=O) groups excluding carboxylic acids is 1. The highest BCUT2D eigenvalue weighted by molar-refractivity contribution is 6.30. The summed E-state index contributed by atoms with van der Waals surface area (Å²) in [6.45, 7) is 14.2. The molecule has 1 spiro atoms. The van der Waals surface area contributed by atoms with Crippen molar-refractivity contribution in [2.45, 2.75) is 53.9 Å². The number of anilines is 1. The Bertz CT molecular complexity index is 607. The van der Waals surface area contributed by atoms with Gasteiger partial charge in [0, 0.05) is 29.7 Å². The van der Waals surface area contributed by atoms with Crippen molar-refractivity contribution in [2.75, 3.05) is 25.0 Å². The highest BCUT2D eigenvalue weighted by Gasteiger charge is 2.54. The molecule has 1 aliphatic heterocycles. The number of carbonyl (C=O) groups is 1. The standard InChI is InChI=1S/C19H26ClFN2O.C2H6/c1-18(2,3)4-5-23-11-19(12-23)9-13(10-19)17(24)22-16-7-14(20)6-15(21)8-16;1-2/h6-8,13H,4-5,9-12H2,1-3H3,(H,22,24);1-2H3. The molecule has 2 fully saturated rings. The highest BCUT2D eigenvalue weighted by Crippen LogP contribution is 2.52. The molecule has 1 aromatic carbocycles. The first-order valence-electron chi connectivity index (χ1n) is 9.64. The molecule has 1 saturated carbocycles. The number of nitrogens with zero attached hydrogens (tertiary/aromatic N) is 1. The van der Waals surface area contributed by atoms with E-state index >= 15 is 0 Å². The van der Waals surface area contributed by atoms with Crippen LogP contribution in [-0.4, -0.2) is 30.4 Å². The van der Waals surface area contributed by atoms with Crippen molar-refractivity contribution in [1.29, 1.82) is 0 Å². The van der Waals surface area contributed by atoms with Gasteiger partial charge >= 0.3 is 0 Å². The summed E-state index contributed by atoms with van der Waals surface area (Å²) in [4.78, 5) is 14.8. The van der Waals surface area contributed by atoms with Crippen LogP contribution in [-0.2, 0) is 4.79 Å². The second kappa shape index (κ2) is 8.26. The smallest absolute Gasteiger partial charge is 0.227 e. The first kappa shape index (κ1) is 21.2. The number of rotatable bonds is 4. The predicted octanol–water partition coefficient (Wildman–Crippen LogP) is 5.59. The summed E-state index contributed by atoms with van der Waals surface area (Å²) in [5.41, 5.74) is 1.16. The molecule has 2 aliphatic rings. The molecule has 3 rings (SSSR count). The Morgan fingerprint density at radius 2 is 1.88 bits per heavy atom. The molecular weight excluding hydrogens is 351 g/mol. The molecule has 0 atom stereocenters. The van der Waals surface area contributed by atoms with Gasteiger partial charge in [0.05, 0.1) is 0 Å². The van der Waals surface area contributed by atoms with Gasteiger partial charge < -0.3 is 10.2 Å². The van der Waals surface area contributed by atoms with Gasteiger partial charge in [0.2, 0.25) is 5.91 Å². The second-order valence-corrected chi connectivity index (χ2v) is 9.21. The molecule has 1 heterocycles. The SMILES string of the molecule is CC.CC(C)(C)CCN1CC2(CC(C(=O)Nc3cc(F)cc(Cl)c3)C2)C1. The number of likely N-dealkylation sites (tertiary alicyclic amines) is 1. The number of hydrogen-bond donors (Lipinski definition) is 1. The van der Waals surface area contributed by atoms with E-state index in [-0.39, 0.29) is 11.8 Å². The van der Waals surface area contributed by atoms with Gasteiger partial charge in [-0.3, -0.25) is 4.79 Å². The Morgan fingerprint density at radius 1 is 1.27 bits per heavy atom. The number of nitrogens with one attached hydrogen (secondary N) is 1. The Kier molecular flexibility index (Phi) is 6.73. The van der Waals surface area contributed by atoms with Crippen molar-refractivity contribution in [3.8, 4) is 0 Å². The average Bonchev–Trinajstić information content (AvgIpc) is 2.43. The summed E-state index contributed by atoms with van der Waals surface area (Å²) >= 11 is 5.82. The van der Waals surface area contributed by atoms with E-state index in [2.05, 4.69) is 31.0 Å². The zero-order valence-electron chi connectivity index (χ0n) is 16.7. The van der Waals surface area contributed by atoms with Gasteiger partial charge in [0.1, 0.15) is 5.82 Å². The van der Waals surface area contributed by atoms with Crippen LogP contribution >= 0.6 is 11.6 Å². The van der Waals surface area contributed by atoms with Gasteiger partial charge in [-0.05, 0) is 54.8 Å². The van der Waals surface area contributed by atoms with Crippen molar-refractivity contribution in [3.05, 3.63) is 29.0 Å². The summed E-state index contributed by atoms with van der Waals surface area (Å²) in [5.74, 6) is -0.413. The van der Waals surface area contributed by atoms with Crippen LogP contribution in [0.3, 0.4) is 0 Å². The van der Waals surface area contributed by atoms with E-state index in [1.165, 1.54) is 18.6 Å². The van der Waals surface area contributed by atoms with Crippen molar-refractivity contribution >= 4 is 23.2 Å². The quantitative estimate of drug-likeness (QED) is 0.735. The van der Waals surface area contributed by atoms with Crippen molar-refractivity contribution in [2.24, 2.45) is 16.7 Å². The van der Waals surface area contributed by atoms with E-state index in [1.807, 2.05) is 13.8 Å². The minimum Gasteiger partial charge on any atom is -0.326 e. The highest BCUT2D eigenvalue weighted by atomic mass is 35.5. The maximum absolute atomic E-state index is 13.3. The molecule has 1 aromatic rings. The van der Waals surface area contributed by atoms with Crippen LogP contribution in [0.2, 0.25) is 5.02 Å². The van der Waals surface area contributed by atoms with Crippen molar-refractivity contribution in [3.63, 3.8) is 0 Å². The van der Waals surface area contributed by atoms with Crippen LogP contribution < -0.4 is 5.32 Å². The van der Waals surface area contributed by atoms with Gasteiger partial charge in [-0.2, -0.15) is 0 Å². The van der Waals surface area contributed by atoms with Crippen LogP contribution in [0.5, 0.6) is 0 Å². The lowest BCUT2D eigenvalue weighted by Crippen LogP contribution is -2.63. The first-order chi connectivity index (χ1) is 12.1. The van der Waals surface area contributed by atoms with E-state index in [9.17, 15) is 9.18 Å². The predicted molar refractivity (Wildman–Crippen MR) is 107 cm³/mol. The molecule has 1 amide bonds. The number of benzene rings is 1. The summed E-state index contributed by atoms with van der Waals surface area (Å²) < 4.78 is 13.3. The van der Waals surface area contributed by atoms with Gasteiger partial charge in [-0.15, -0.1) is 0 Å². The van der Waals surface area contributed by atoms with Gasteiger partial charge in [0.25, 0.3) is 0 Å². The lowest BCUT2D eigenvalue weighted by Gasteiger charge is -2.59. The normalized spacial score (nSPS) is 19.2. The molecule has 5 heteroatoms. The summed E-state index contributed by atoms with van der Waals surface area (Å²) in [7, 11) is 0. The Balaban J connectivity index is 0.00000117. The fourth-order valence-electron chi connectivity index (χ4n) is 3.85. The molecular formula is C21H32ClFN2O. The number of amides is 1.